The molecule has 0 aromatic heterocycles. The lowest BCUT2D eigenvalue weighted by molar-refractivity contribution is -0.133. The molecule has 1 aliphatic heterocycles. The number of carbonyl (C=O) groups excluding carboxylic acids is 1. The van der Waals surface area contributed by atoms with Gasteiger partial charge in [0.25, 0.3) is 0 Å². The van der Waals surface area contributed by atoms with Crippen molar-refractivity contribution in [2.45, 2.75) is 33.1 Å². The maximum absolute atomic E-state index is 12.0. The molecule has 4 heteroatoms. The van der Waals surface area contributed by atoms with Crippen LogP contribution in [0.1, 0.15) is 32.3 Å². The molecule has 0 N–H and O–H groups in total. The molecule has 0 aliphatic carbocycles. The number of piperazine rings is 1. The van der Waals surface area contributed by atoms with E-state index in [-0.39, 0.29) is 0 Å². The maximum Gasteiger partial charge on any atom is 0.222 e. The molecule has 0 radical (unpaired) electrons. The minimum atomic E-state index is 0.311. The fourth-order valence-electron chi connectivity index (χ4n) is 2.89. The van der Waals surface area contributed by atoms with Crippen molar-refractivity contribution in [1.29, 1.82) is 0 Å². The zero-order valence-electron chi connectivity index (χ0n) is 13.7. The third-order valence-electron chi connectivity index (χ3n) is 4.19. The Labute approximate surface area is 139 Å². The molecule has 1 aromatic rings. The van der Waals surface area contributed by atoms with E-state index in [4.69, 9.17) is 11.6 Å². The summed E-state index contributed by atoms with van der Waals surface area (Å²) in [6.07, 6.45) is 2.81. The Hall–Kier alpha value is -1.06. The maximum atomic E-state index is 12.0. The van der Waals surface area contributed by atoms with Crippen molar-refractivity contribution in [2.75, 3.05) is 32.7 Å². The molecule has 0 atom stereocenters. The highest BCUT2D eigenvalue weighted by Crippen LogP contribution is 2.17. The molecule has 0 unspecified atom stereocenters. The fraction of sp³-hybridized carbons (Fsp3) is 0.611. The number of carbonyl (C=O) groups is 1. The fourth-order valence-corrected chi connectivity index (χ4v) is 3.12. The summed E-state index contributed by atoms with van der Waals surface area (Å²) < 4.78 is 0. The van der Waals surface area contributed by atoms with Gasteiger partial charge < -0.3 is 4.90 Å². The molecular formula is C18H27ClN2O. The van der Waals surface area contributed by atoms with Crippen molar-refractivity contribution in [2.24, 2.45) is 5.92 Å². The SMILES string of the molecule is CC(C)CC(=O)N1CCN(CCCc2ccccc2Cl)CC1. The van der Waals surface area contributed by atoms with Crippen LogP contribution in [0.5, 0.6) is 0 Å². The summed E-state index contributed by atoms with van der Waals surface area (Å²) in [6, 6.07) is 8.07. The van der Waals surface area contributed by atoms with E-state index in [2.05, 4.69) is 24.8 Å². The summed E-state index contributed by atoms with van der Waals surface area (Å²) in [7, 11) is 0. The first-order valence-electron chi connectivity index (χ1n) is 8.30. The number of rotatable bonds is 6. The van der Waals surface area contributed by atoms with Gasteiger partial charge in [0.15, 0.2) is 0 Å². The van der Waals surface area contributed by atoms with Crippen LogP contribution in [-0.2, 0) is 11.2 Å². The standard InChI is InChI=1S/C18H27ClN2O/c1-15(2)14-18(22)21-12-10-20(11-13-21)9-5-7-16-6-3-4-8-17(16)19/h3-4,6,8,15H,5,7,9-14H2,1-2H3. The zero-order valence-corrected chi connectivity index (χ0v) is 14.5. The minimum Gasteiger partial charge on any atom is -0.340 e. The van der Waals surface area contributed by atoms with Crippen LogP contribution in [0.15, 0.2) is 24.3 Å². The van der Waals surface area contributed by atoms with E-state index in [0.29, 0.717) is 18.2 Å². The van der Waals surface area contributed by atoms with Crippen molar-refractivity contribution in [3.8, 4) is 0 Å². The highest BCUT2D eigenvalue weighted by Gasteiger charge is 2.21. The van der Waals surface area contributed by atoms with Crippen LogP contribution in [0.2, 0.25) is 5.02 Å². The highest BCUT2D eigenvalue weighted by atomic mass is 35.5. The van der Waals surface area contributed by atoms with Crippen molar-refractivity contribution in [1.82, 2.24) is 9.80 Å². The number of amides is 1. The van der Waals surface area contributed by atoms with Crippen molar-refractivity contribution >= 4 is 17.5 Å². The average molecular weight is 323 g/mol. The molecule has 1 aliphatic rings. The van der Waals surface area contributed by atoms with Gasteiger partial charge in [-0.15, -0.1) is 0 Å². The molecular weight excluding hydrogens is 296 g/mol. The number of hydrogen-bond donors (Lipinski definition) is 0. The van der Waals surface area contributed by atoms with Gasteiger partial charge in [-0.2, -0.15) is 0 Å². The molecule has 1 heterocycles. The van der Waals surface area contributed by atoms with Crippen molar-refractivity contribution in [3.05, 3.63) is 34.9 Å². The van der Waals surface area contributed by atoms with Gasteiger partial charge in [0.05, 0.1) is 0 Å². The second-order valence-electron chi connectivity index (χ2n) is 6.52. The van der Waals surface area contributed by atoms with E-state index in [1.54, 1.807) is 0 Å². The van der Waals surface area contributed by atoms with Gasteiger partial charge in [-0.3, -0.25) is 9.69 Å². The Morgan fingerprint density at radius 1 is 1.18 bits per heavy atom. The number of benzene rings is 1. The predicted molar refractivity (Wildman–Crippen MR) is 92.2 cm³/mol. The Kier molecular flexibility index (Phi) is 6.71. The molecule has 1 saturated heterocycles. The molecule has 122 valence electrons. The van der Waals surface area contributed by atoms with Gasteiger partial charge in [0.1, 0.15) is 0 Å². The predicted octanol–water partition coefficient (Wildman–Crippen LogP) is 3.46. The lowest BCUT2D eigenvalue weighted by Gasteiger charge is -2.35. The van der Waals surface area contributed by atoms with Gasteiger partial charge in [-0.25, -0.2) is 0 Å². The summed E-state index contributed by atoms with van der Waals surface area (Å²) in [5.41, 5.74) is 1.23. The summed E-state index contributed by atoms with van der Waals surface area (Å²) in [5.74, 6) is 0.756. The van der Waals surface area contributed by atoms with E-state index >= 15 is 0 Å². The monoisotopic (exact) mass is 322 g/mol. The van der Waals surface area contributed by atoms with Crippen LogP contribution in [-0.4, -0.2) is 48.4 Å². The number of aryl methyl sites for hydroxylation is 1. The minimum absolute atomic E-state index is 0.311. The molecule has 0 saturated carbocycles. The second kappa shape index (κ2) is 8.54. The van der Waals surface area contributed by atoms with Crippen LogP contribution >= 0.6 is 11.6 Å². The molecule has 0 spiro atoms. The number of halogens is 1. The molecule has 22 heavy (non-hydrogen) atoms. The van der Waals surface area contributed by atoms with Gasteiger partial charge in [0, 0.05) is 37.6 Å². The van der Waals surface area contributed by atoms with Gasteiger partial charge in [-0.1, -0.05) is 43.6 Å². The van der Waals surface area contributed by atoms with Crippen molar-refractivity contribution in [3.63, 3.8) is 0 Å². The Morgan fingerprint density at radius 3 is 2.50 bits per heavy atom. The van der Waals surface area contributed by atoms with Crippen LogP contribution < -0.4 is 0 Å². The normalized spacial score (nSPS) is 16.3. The van der Waals surface area contributed by atoms with Gasteiger partial charge in [-0.05, 0) is 36.9 Å². The Bertz CT molecular complexity index is 482. The van der Waals surface area contributed by atoms with Gasteiger partial charge >= 0.3 is 0 Å². The molecule has 0 bridgehead atoms. The topological polar surface area (TPSA) is 23.6 Å². The van der Waals surface area contributed by atoms with E-state index < -0.39 is 0 Å². The first-order chi connectivity index (χ1) is 10.6. The largest absolute Gasteiger partial charge is 0.340 e. The van der Waals surface area contributed by atoms with Crippen molar-refractivity contribution < 1.29 is 4.79 Å². The molecule has 3 nitrogen and oxygen atoms in total. The summed E-state index contributed by atoms with van der Waals surface area (Å²) >= 11 is 6.18. The van der Waals surface area contributed by atoms with E-state index in [0.717, 1.165) is 50.6 Å². The average Bonchev–Trinajstić information content (AvgIpc) is 2.49. The summed E-state index contributed by atoms with van der Waals surface area (Å²) in [5, 5.41) is 0.867. The summed E-state index contributed by atoms with van der Waals surface area (Å²) in [4.78, 5) is 16.5. The van der Waals surface area contributed by atoms with Crippen LogP contribution in [0.25, 0.3) is 0 Å². The Morgan fingerprint density at radius 2 is 1.86 bits per heavy atom. The first kappa shape index (κ1) is 17.3. The molecule has 1 amide bonds. The first-order valence-corrected chi connectivity index (χ1v) is 8.67. The van der Waals surface area contributed by atoms with Crippen LogP contribution in [0.4, 0.5) is 0 Å². The smallest absolute Gasteiger partial charge is 0.222 e. The molecule has 1 fully saturated rings. The molecule has 1 aromatic carbocycles. The van der Waals surface area contributed by atoms with E-state index in [1.807, 2.05) is 23.1 Å². The summed E-state index contributed by atoms with van der Waals surface area (Å²) in [6.45, 7) is 9.01. The number of nitrogens with zero attached hydrogens (tertiary/aromatic N) is 2. The van der Waals surface area contributed by atoms with Gasteiger partial charge in [0.2, 0.25) is 5.91 Å². The van der Waals surface area contributed by atoms with Crippen LogP contribution in [0, 0.1) is 5.92 Å². The number of hydrogen-bond acceptors (Lipinski definition) is 2. The molecule has 2 rings (SSSR count). The third-order valence-corrected chi connectivity index (χ3v) is 4.55. The zero-order chi connectivity index (χ0) is 15.9. The lowest BCUT2D eigenvalue weighted by Crippen LogP contribution is -2.49. The quantitative estimate of drug-likeness (QED) is 0.800. The Balaban J connectivity index is 1.67. The van der Waals surface area contributed by atoms with E-state index in [1.165, 1.54) is 5.56 Å². The highest BCUT2D eigenvalue weighted by molar-refractivity contribution is 6.31. The van der Waals surface area contributed by atoms with Crippen LogP contribution in [0.3, 0.4) is 0 Å². The third kappa shape index (κ3) is 5.29. The lowest BCUT2D eigenvalue weighted by atomic mass is 10.1. The second-order valence-corrected chi connectivity index (χ2v) is 6.92. The van der Waals surface area contributed by atoms with E-state index in [9.17, 15) is 4.79 Å².